The van der Waals surface area contributed by atoms with E-state index in [1.54, 1.807) is 32.9 Å². The summed E-state index contributed by atoms with van der Waals surface area (Å²) in [5, 5.41) is 22.9. The first-order valence-electron chi connectivity index (χ1n) is 7.52. The number of hydrogen-bond donors (Lipinski definition) is 3. The van der Waals surface area contributed by atoms with Crippen molar-refractivity contribution in [1.29, 1.82) is 0 Å². The number of benzene rings is 1. The van der Waals surface area contributed by atoms with E-state index in [1.165, 1.54) is 18.4 Å². The van der Waals surface area contributed by atoms with Gasteiger partial charge < -0.3 is 24.7 Å². The zero-order valence-electron chi connectivity index (χ0n) is 13.8. The number of aliphatic hydroxyl groups is 2. The van der Waals surface area contributed by atoms with Crippen LogP contribution in [0.5, 0.6) is 0 Å². The van der Waals surface area contributed by atoms with Crippen molar-refractivity contribution in [2.45, 2.75) is 38.6 Å². The number of amides is 1. The molecule has 2 rings (SSSR count). The molecule has 0 saturated heterocycles. The minimum atomic E-state index is -1.27. The average molecular weight is 335 g/mol. The summed E-state index contributed by atoms with van der Waals surface area (Å²) in [4.78, 5) is 23.4. The summed E-state index contributed by atoms with van der Waals surface area (Å²) in [6, 6.07) is 5.83. The number of carbonyl (C=O) groups is 1. The van der Waals surface area contributed by atoms with Crippen molar-refractivity contribution in [2.75, 3.05) is 6.54 Å². The van der Waals surface area contributed by atoms with Crippen LogP contribution in [0.3, 0.4) is 0 Å². The summed E-state index contributed by atoms with van der Waals surface area (Å²) in [5.41, 5.74) is -0.161. The van der Waals surface area contributed by atoms with Crippen LogP contribution >= 0.6 is 0 Å². The second-order valence-corrected chi connectivity index (χ2v) is 6.44. The van der Waals surface area contributed by atoms with E-state index >= 15 is 0 Å². The fourth-order valence-electron chi connectivity index (χ4n) is 2.12. The maximum absolute atomic E-state index is 11.8. The van der Waals surface area contributed by atoms with E-state index in [0.717, 1.165) is 0 Å². The monoisotopic (exact) mass is 335 g/mol. The largest absolute Gasteiger partial charge is 0.464 e. The molecule has 1 heterocycles. The van der Waals surface area contributed by atoms with Crippen LogP contribution in [0.1, 0.15) is 32.4 Å². The van der Waals surface area contributed by atoms with Crippen molar-refractivity contribution in [3.63, 3.8) is 0 Å². The van der Waals surface area contributed by atoms with E-state index in [9.17, 15) is 19.8 Å². The molecule has 3 N–H and O–H groups in total. The quantitative estimate of drug-likeness (QED) is 0.785. The standard InChI is InChI=1S/C17H21NO6/c1-17(2,3)24-16(22)18-9-13(20)15(21)10-4-5-14-11(8-10)12(19)6-7-23-14/h4-8,13,15,20-21H,9H2,1-3H3,(H,18,22). The zero-order valence-corrected chi connectivity index (χ0v) is 13.8. The Morgan fingerprint density at radius 2 is 2.00 bits per heavy atom. The molecule has 2 unspecified atom stereocenters. The minimum Gasteiger partial charge on any atom is -0.464 e. The first-order chi connectivity index (χ1) is 11.2. The van der Waals surface area contributed by atoms with Gasteiger partial charge in [-0.2, -0.15) is 0 Å². The Morgan fingerprint density at radius 1 is 1.29 bits per heavy atom. The second-order valence-electron chi connectivity index (χ2n) is 6.44. The summed E-state index contributed by atoms with van der Waals surface area (Å²) >= 11 is 0. The van der Waals surface area contributed by atoms with E-state index in [0.29, 0.717) is 16.5 Å². The normalized spacial score (nSPS) is 14.2. The molecule has 0 fully saturated rings. The number of rotatable bonds is 4. The lowest BCUT2D eigenvalue weighted by atomic mass is 10.0. The molecular weight excluding hydrogens is 314 g/mol. The highest BCUT2D eigenvalue weighted by Crippen LogP contribution is 2.21. The highest BCUT2D eigenvalue weighted by molar-refractivity contribution is 5.77. The van der Waals surface area contributed by atoms with E-state index in [2.05, 4.69) is 5.32 Å². The molecule has 0 radical (unpaired) electrons. The fourth-order valence-corrected chi connectivity index (χ4v) is 2.12. The van der Waals surface area contributed by atoms with E-state index in [-0.39, 0.29) is 12.0 Å². The van der Waals surface area contributed by atoms with Crippen molar-refractivity contribution in [3.05, 3.63) is 46.3 Å². The topological polar surface area (TPSA) is 109 Å². The van der Waals surface area contributed by atoms with Gasteiger partial charge in [-0.1, -0.05) is 6.07 Å². The average Bonchev–Trinajstić information content (AvgIpc) is 2.50. The lowest BCUT2D eigenvalue weighted by molar-refractivity contribution is 0.0130. The molecule has 0 saturated carbocycles. The van der Waals surface area contributed by atoms with Crippen LogP contribution in [0.4, 0.5) is 4.79 Å². The molecule has 130 valence electrons. The Hall–Kier alpha value is -2.38. The smallest absolute Gasteiger partial charge is 0.407 e. The zero-order chi connectivity index (χ0) is 17.9. The summed E-state index contributed by atoms with van der Waals surface area (Å²) in [5.74, 6) is 0. The van der Waals surface area contributed by atoms with Gasteiger partial charge in [0.25, 0.3) is 0 Å². The van der Waals surface area contributed by atoms with Crippen molar-refractivity contribution in [2.24, 2.45) is 0 Å². The molecule has 7 heteroatoms. The van der Waals surface area contributed by atoms with Crippen molar-refractivity contribution in [3.8, 4) is 0 Å². The molecule has 24 heavy (non-hydrogen) atoms. The van der Waals surface area contributed by atoms with E-state index < -0.39 is 23.9 Å². The summed E-state index contributed by atoms with van der Waals surface area (Å²) in [6.07, 6.45) is -1.93. The van der Waals surface area contributed by atoms with E-state index in [4.69, 9.17) is 9.15 Å². The molecule has 2 aromatic rings. The van der Waals surface area contributed by atoms with Gasteiger partial charge in [0.05, 0.1) is 11.6 Å². The van der Waals surface area contributed by atoms with Crippen LogP contribution in [0.25, 0.3) is 11.0 Å². The van der Waals surface area contributed by atoms with Crippen LogP contribution < -0.4 is 10.7 Å². The molecule has 0 spiro atoms. The number of fused-ring (bicyclic) bond motifs is 1. The second kappa shape index (κ2) is 7.02. The van der Waals surface area contributed by atoms with Crippen LogP contribution in [-0.2, 0) is 4.74 Å². The molecule has 0 aliphatic heterocycles. The van der Waals surface area contributed by atoms with Gasteiger partial charge in [-0.15, -0.1) is 0 Å². The Labute approximate surface area is 138 Å². The fraction of sp³-hybridized carbons (Fsp3) is 0.412. The third-order valence-corrected chi connectivity index (χ3v) is 3.24. The molecule has 0 aliphatic rings. The Bertz CT molecular complexity index is 776. The van der Waals surface area contributed by atoms with Gasteiger partial charge in [0.15, 0.2) is 5.43 Å². The predicted octanol–water partition coefficient (Wildman–Crippen LogP) is 1.71. The highest BCUT2D eigenvalue weighted by atomic mass is 16.6. The molecule has 2 atom stereocenters. The number of alkyl carbamates (subject to hydrolysis) is 1. The summed E-state index contributed by atoms with van der Waals surface area (Å²) in [6.45, 7) is 4.97. The molecular formula is C17H21NO6. The summed E-state index contributed by atoms with van der Waals surface area (Å²) < 4.78 is 10.2. The van der Waals surface area contributed by atoms with Crippen LogP contribution in [-0.4, -0.2) is 34.6 Å². The number of carbonyl (C=O) groups excluding carboxylic acids is 1. The predicted molar refractivity (Wildman–Crippen MR) is 87.7 cm³/mol. The van der Waals surface area contributed by atoms with Gasteiger partial charge in [0, 0.05) is 12.6 Å². The van der Waals surface area contributed by atoms with Crippen molar-refractivity contribution >= 4 is 17.1 Å². The van der Waals surface area contributed by atoms with Gasteiger partial charge in [0.2, 0.25) is 0 Å². The van der Waals surface area contributed by atoms with Crippen LogP contribution in [0.2, 0.25) is 0 Å². The first kappa shape index (κ1) is 18.0. The van der Waals surface area contributed by atoms with Gasteiger partial charge in [-0.3, -0.25) is 4.79 Å². The molecule has 0 aliphatic carbocycles. The van der Waals surface area contributed by atoms with Gasteiger partial charge in [0.1, 0.15) is 23.4 Å². The number of hydrogen-bond acceptors (Lipinski definition) is 6. The van der Waals surface area contributed by atoms with E-state index in [1.807, 2.05) is 0 Å². The summed E-state index contributed by atoms with van der Waals surface area (Å²) in [7, 11) is 0. The number of ether oxygens (including phenoxy) is 1. The highest BCUT2D eigenvalue weighted by Gasteiger charge is 2.22. The third kappa shape index (κ3) is 4.56. The molecule has 0 bridgehead atoms. The number of nitrogens with one attached hydrogen (secondary N) is 1. The molecule has 1 aromatic carbocycles. The Balaban J connectivity index is 2.05. The lowest BCUT2D eigenvalue weighted by Crippen LogP contribution is -2.38. The molecule has 1 amide bonds. The third-order valence-electron chi connectivity index (χ3n) is 3.24. The SMILES string of the molecule is CC(C)(C)OC(=O)NCC(O)C(O)c1ccc2occc(=O)c2c1. The number of aliphatic hydroxyl groups excluding tert-OH is 2. The molecule has 1 aromatic heterocycles. The minimum absolute atomic E-state index is 0.197. The maximum Gasteiger partial charge on any atom is 0.407 e. The lowest BCUT2D eigenvalue weighted by Gasteiger charge is -2.22. The van der Waals surface area contributed by atoms with Crippen LogP contribution in [0.15, 0.2) is 39.7 Å². The van der Waals surface area contributed by atoms with Gasteiger partial charge in [-0.25, -0.2) is 4.79 Å². The van der Waals surface area contributed by atoms with Gasteiger partial charge in [-0.05, 0) is 38.5 Å². The molecule has 7 nitrogen and oxygen atoms in total. The van der Waals surface area contributed by atoms with Crippen molar-refractivity contribution < 1.29 is 24.2 Å². The Morgan fingerprint density at radius 3 is 2.67 bits per heavy atom. The van der Waals surface area contributed by atoms with Gasteiger partial charge >= 0.3 is 6.09 Å². The van der Waals surface area contributed by atoms with Crippen LogP contribution in [0, 0.1) is 0 Å². The maximum atomic E-state index is 11.8. The van der Waals surface area contributed by atoms with Crippen molar-refractivity contribution in [1.82, 2.24) is 5.32 Å². The first-order valence-corrected chi connectivity index (χ1v) is 7.52. The Kier molecular flexibility index (Phi) is 5.26.